The Bertz CT molecular complexity index is 919. The lowest BCUT2D eigenvalue weighted by molar-refractivity contribution is -0.276. The van der Waals surface area contributed by atoms with Crippen molar-refractivity contribution >= 4 is 6.03 Å². The lowest BCUT2D eigenvalue weighted by Gasteiger charge is -2.59. The SMILES string of the molecule is O=C(N1CC[C@H](c2ncn[nH]2)C1)N1CC2(CC(Cc3ccc(OC(F)(F)F)nc3)C2)C1. The van der Waals surface area contributed by atoms with Gasteiger partial charge in [-0.2, -0.15) is 5.10 Å². The van der Waals surface area contributed by atoms with Gasteiger partial charge in [-0.05, 0) is 37.2 Å². The summed E-state index contributed by atoms with van der Waals surface area (Å²) < 4.78 is 40.5. The zero-order valence-electron chi connectivity index (χ0n) is 16.8. The number of halogens is 3. The van der Waals surface area contributed by atoms with Crippen LogP contribution in [0.3, 0.4) is 0 Å². The standard InChI is InChI=1S/C20H23F3N6O2/c21-20(22,23)31-16-2-1-13(8-24-16)5-14-6-19(7-14)10-29(11-19)18(30)28-4-3-15(9-28)17-25-12-26-27-17/h1-2,8,12,14-15H,3-7,9-11H2,(H,25,26,27)/t15-/m0/s1. The number of likely N-dealkylation sites (tertiary alicyclic amines) is 2. The number of nitrogens with one attached hydrogen (secondary N) is 1. The van der Waals surface area contributed by atoms with Crippen LogP contribution in [0.5, 0.6) is 5.88 Å². The number of hydrogen-bond acceptors (Lipinski definition) is 5. The first-order valence-corrected chi connectivity index (χ1v) is 10.4. The van der Waals surface area contributed by atoms with Crippen LogP contribution < -0.4 is 4.74 Å². The molecular weight excluding hydrogens is 413 g/mol. The van der Waals surface area contributed by atoms with Crippen molar-refractivity contribution in [2.45, 2.75) is 38.0 Å². The summed E-state index contributed by atoms with van der Waals surface area (Å²) in [5.74, 6) is 1.08. The smallest absolute Gasteiger partial charge is 0.388 e. The van der Waals surface area contributed by atoms with E-state index in [1.54, 1.807) is 6.07 Å². The van der Waals surface area contributed by atoms with Crippen LogP contribution in [-0.4, -0.2) is 68.5 Å². The summed E-state index contributed by atoms with van der Waals surface area (Å²) in [6.45, 7) is 2.96. The maximum atomic E-state index is 12.8. The molecular formula is C20H23F3N6O2. The number of amides is 2. The van der Waals surface area contributed by atoms with E-state index in [0.29, 0.717) is 12.5 Å². The van der Waals surface area contributed by atoms with Gasteiger partial charge < -0.3 is 14.5 Å². The molecule has 1 atom stereocenters. The molecule has 1 N–H and O–H groups in total. The molecule has 3 aliphatic rings. The van der Waals surface area contributed by atoms with E-state index in [2.05, 4.69) is 24.9 Å². The molecule has 8 nitrogen and oxygen atoms in total. The second-order valence-corrected chi connectivity index (χ2v) is 8.97. The first-order valence-electron chi connectivity index (χ1n) is 10.4. The minimum atomic E-state index is -4.73. The van der Waals surface area contributed by atoms with Gasteiger partial charge in [0, 0.05) is 49.8 Å². The van der Waals surface area contributed by atoms with Crippen LogP contribution in [0.4, 0.5) is 18.0 Å². The Morgan fingerprint density at radius 1 is 1.23 bits per heavy atom. The fourth-order valence-corrected chi connectivity index (χ4v) is 5.28. The largest absolute Gasteiger partial charge is 0.574 e. The van der Waals surface area contributed by atoms with Crippen LogP contribution in [0.15, 0.2) is 24.7 Å². The summed E-state index contributed by atoms with van der Waals surface area (Å²) in [5, 5.41) is 6.78. The number of pyridine rings is 1. The van der Waals surface area contributed by atoms with E-state index in [1.807, 2.05) is 9.80 Å². The third-order valence-electron chi connectivity index (χ3n) is 6.59. The molecule has 2 aromatic rings. The highest BCUT2D eigenvalue weighted by Gasteiger charge is 2.54. The number of urea groups is 1. The number of ether oxygens (including phenoxy) is 1. The Balaban J connectivity index is 1.06. The van der Waals surface area contributed by atoms with Gasteiger partial charge in [0.2, 0.25) is 5.88 Å². The van der Waals surface area contributed by atoms with Crippen LogP contribution in [0.2, 0.25) is 0 Å². The Kier molecular flexibility index (Phi) is 4.78. The third-order valence-corrected chi connectivity index (χ3v) is 6.59. The molecule has 2 aromatic heterocycles. The zero-order valence-corrected chi connectivity index (χ0v) is 16.8. The fourth-order valence-electron chi connectivity index (χ4n) is 5.28. The number of nitrogens with zero attached hydrogens (tertiary/aromatic N) is 5. The summed E-state index contributed by atoms with van der Waals surface area (Å²) in [7, 11) is 0. The van der Waals surface area contributed by atoms with Crippen molar-refractivity contribution in [3.8, 4) is 5.88 Å². The highest BCUT2D eigenvalue weighted by atomic mass is 19.4. The van der Waals surface area contributed by atoms with Crippen molar-refractivity contribution in [1.29, 1.82) is 0 Å². The van der Waals surface area contributed by atoms with Gasteiger partial charge in [0.15, 0.2) is 0 Å². The van der Waals surface area contributed by atoms with Gasteiger partial charge >= 0.3 is 12.4 Å². The van der Waals surface area contributed by atoms with Gasteiger partial charge in [0.1, 0.15) is 12.2 Å². The van der Waals surface area contributed by atoms with Crippen molar-refractivity contribution in [2.24, 2.45) is 11.3 Å². The van der Waals surface area contributed by atoms with Crippen molar-refractivity contribution in [3.63, 3.8) is 0 Å². The number of aromatic amines is 1. The molecule has 2 aliphatic heterocycles. The average Bonchev–Trinajstić information content (AvgIpc) is 3.33. The molecule has 2 saturated heterocycles. The molecule has 0 aromatic carbocycles. The van der Waals surface area contributed by atoms with E-state index in [1.165, 1.54) is 18.6 Å². The molecule has 1 spiro atoms. The number of aromatic nitrogens is 4. The first-order chi connectivity index (χ1) is 14.8. The Labute approximate surface area is 176 Å². The number of rotatable bonds is 4. The van der Waals surface area contributed by atoms with Crippen LogP contribution in [-0.2, 0) is 6.42 Å². The van der Waals surface area contributed by atoms with E-state index in [4.69, 9.17) is 0 Å². The number of alkyl halides is 3. The molecule has 2 amide bonds. The normalized spacial score (nSPS) is 23.0. The Hall–Kier alpha value is -2.85. The molecule has 1 aliphatic carbocycles. The first kappa shape index (κ1) is 20.1. The molecule has 0 unspecified atom stereocenters. The predicted octanol–water partition coefficient (Wildman–Crippen LogP) is 2.96. The highest BCUT2D eigenvalue weighted by Crippen LogP contribution is 2.53. The molecule has 1 saturated carbocycles. The van der Waals surface area contributed by atoms with Gasteiger partial charge in [0.05, 0.1) is 0 Å². The molecule has 0 radical (unpaired) electrons. The van der Waals surface area contributed by atoms with Gasteiger partial charge in [-0.15, -0.1) is 13.2 Å². The number of carbonyl (C=O) groups is 1. The van der Waals surface area contributed by atoms with Crippen LogP contribution in [0.25, 0.3) is 0 Å². The quantitative estimate of drug-likeness (QED) is 0.796. The van der Waals surface area contributed by atoms with E-state index in [-0.39, 0.29) is 17.4 Å². The van der Waals surface area contributed by atoms with E-state index in [9.17, 15) is 18.0 Å². The van der Waals surface area contributed by atoms with E-state index < -0.39 is 12.2 Å². The summed E-state index contributed by atoms with van der Waals surface area (Å²) in [5.41, 5.74) is 1.11. The molecule has 0 bridgehead atoms. The Morgan fingerprint density at radius 3 is 2.68 bits per heavy atom. The molecule has 3 fully saturated rings. The maximum absolute atomic E-state index is 12.8. The lowest BCUT2D eigenvalue weighted by Crippen LogP contribution is -2.65. The molecule has 31 heavy (non-hydrogen) atoms. The van der Waals surface area contributed by atoms with E-state index in [0.717, 1.165) is 56.7 Å². The minimum absolute atomic E-state index is 0.0977. The third kappa shape index (κ3) is 4.17. The van der Waals surface area contributed by atoms with Crippen LogP contribution >= 0.6 is 0 Å². The number of carbonyl (C=O) groups excluding carboxylic acids is 1. The van der Waals surface area contributed by atoms with Crippen molar-refractivity contribution < 1.29 is 22.7 Å². The second kappa shape index (κ2) is 7.38. The number of H-pyrrole nitrogens is 1. The van der Waals surface area contributed by atoms with Crippen molar-refractivity contribution in [2.75, 3.05) is 26.2 Å². The van der Waals surface area contributed by atoms with Crippen molar-refractivity contribution in [1.82, 2.24) is 30.0 Å². The summed E-state index contributed by atoms with van der Waals surface area (Å²) in [4.78, 5) is 24.5. The van der Waals surface area contributed by atoms with Gasteiger partial charge in [-0.1, -0.05) is 6.07 Å². The molecule has 11 heteroatoms. The summed E-state index contributed by atoms with van der Waals surface area (Å²) in [6, 6.07) is 2.98. The van der Waals surface area contributed by atoms with Crippen molar-refractivity contribution in [3.05, 3.63) is 36.0 Å². The minimum Gasteiger partial charge on any atom is -0.388 e. The lowest BCUT2D eigenvalue weighted by atomic mass is 9.56. The molecule has 5 rings (SSSR count). The molecule has 166 valence electrons. The topological polar surface area (TPSA) is 87.2 Å². The van der Waals surface area contributed by atoms with E-state index >= 15 is 0 Å². The summed E-state index contributed by atoms with van der Waals surface area (Å²) >= 11 is 0. The van der Waals surface area contributed by atoms with Crippen LogP contribution in [0.1, 0.15) is 36.6 Å². The highest BCUT2D eigenvalue weighted by molar-refractivity contribution is 5.76. The fraction of sp³-hybridized carbons (Fsp3) is 0.600. The zero-order chi connectivity index (χ0) is 21.6. The monoisotopic (exact) mass is 436 g/mol. The van der Waals surface area contributed by atoms with Gasteiger partial charge in [0.25, 0.3) is 0 Å². The number of hydrogen-bond donors (Lipinski definition) is 1. The van der Waals surface area contributed by atoms with Crippen LogP contribution in [0, 0.1) is 11.3 Å². The second-order valence-electron chi connectivity index (χ2n) is 8.97. The van der Waals surface area contributed by atoms with Gasteiger partial charge in [-0.25, -0.2) is 14.8 Å². The predicted molar refractivity (Wildman–Crippen MR) is 102 cm³/mol. The molecule has 4 heterocycles. The average molecular weight is 436 g/mol. The van der Waals surface area contributed by atoms with Gasteiger partial charge in [-0.3, -0.25) is 5.10 Å². The maximum Gasteiger partial charge on any atom is 0.574 e. The summed E-state index contributed by atoms with van der Waals surface area (Å²) in [6.07, 6.45) is 1.93. The Morgan fingerprint density at radius 2 is 2.03 bits per heavy atom.